The topological polar surface area (TPSA) is 38.9 Å². The van der Waals surface area contributed by atoms with E-state index in [2.05, 4.69) is 4.98 Å². The van der Waals surface area contributed by atoms with Gasteiger partial charge in [-0.05, 0) is 31.4 Å². The molecule has 1 aromatic heterocycles. The molecule has 0 aliphatic carbocycles. The smallest absolute Gasteiger partial charge is 0.144 e. The molecule has 0 aliphatic heterocycles. The average Bonchev–Trinajstić information content (AvgIpc) is 2.03. The Morgan fingerprint density at radius 3 is 3.00 bits per heavy atom. The molecule has 1 rings (SSSR count). The first kappa shape index (κ1) is 9.13. The molecule has 2 N–H and O–H groups in total. The molecule has 1 unspecified atom stereocenters. The number of pyridine rings is 1. The van der Waals surface area contributed by atoms with Gasteiger partial charge in [-0.3, -0.25) is 4.98 Å². The highest BCUT2D eigenvalue weighted by Crippen LogP contribution is 2.07. The van der Waals surface area contributed by atoms with Crippen LogP contribution in [0.4, 0.5) is 4.39 Å². The standard InChI is InChI=1S/C9H13FN2/c1-7(11)2-3-8-4-5-12-6-9(8)10/h4-7H,2-3,11H2,1H3. The monoisotopic (exact) mass is 168 g/mol. The first-order chi connectivity index (χ1) is 5.70. The maximum Gasteiger partial charge on any atom is 0.144 e. The molecule has 0 bridgehead atoms. The van der Waals surface area contributed by atoms with Crippen LogP contribution in [0, 0.1) is 5.82 Å². The van der Waals surface area contributed by atoms with Gasteiger partial charge in [-0.1, -0.05) is 0 Å². The van der Waals surface area contributed by atoms with Crippen LogP contribution < -0.4 is 5.73 Å². The second-order valence-corrected chi connectivity index (χ2v) is 2.98. The van der Waals surface area contributed by atoms with E-state index in [1.165, 1.54) is 6.20 Å². The van der Waals surface area contributed by atoms with Gasteiger partial charge in [0.05, 0.1) is 6.20 Å². The Bertz CT molecular complexity index is 248. The van der Waals surface area contributed by atoms with Crippen molar-refractivity contribution in [2.24, 2.45) is 5.73 Å². The average molecular weight is 168 g/mol. The third-order valence-corrected chi connectivity index (χ3v) is 1.73. The van der Waals surface area contributed by atoms with Crippen molar-refractivity contribution < 1.29 is 4.39 Å². The van der Waals surface area contributed by atoms with Crippen LogP contribution in [0.3, 0.4) is 0 Å². The van der Waals surface area contributed by atoms with Gasteiger partial charge in [0.2, 0.25) is 0 Å². The summed E-state index contributed by atoms with van der Waals surface area (Å²) < 4.78 is 12.9. The second kappa shape index (κ2) is 4.16. The molecule has 2 nitrogen and oxygen atoms in total. The summed E-state index contributed by atoms with van der Waals surface area (Å²) in [6.07, 6.45) is 4.32. The fraction of sp³-hybridized carbons (Fsp3) is 0.444. The number of nitrogens with zero attached hydrogens (tertiary/aromatic N) is 1. The summed E-state index contributed by atoms with van der Waals surface area (Å²) in [5.74, 6) is -0.238. The van der Waals surface area contributed by atoms with Gasteiger partial charge in [-0.2, -0.15) is 0 Å². The molecule has 3 heteroatoms. The normalized spacial score (nSPS) is 12.9. The summed E-state index contributed by atoms with van der Waals surface area (Å²) in [4.78, 5) is 3.67. The van der Waals surface area contributed by atoms with Gasteiger partial charge in [0.1, 0.15) is 5.82 Å². The number of hydrogen-bond acceptors (Lipinski definition) is 2. The Morgan fingerprint density at radius 1 is 1.67 bits per heavy atom. The van der Waals surface area contributed by atoms with E-state index >= 15 is 0 Å². The van der Waals surface area contributed by atoms with Crippen LogP contribution in [0.2, 0.25) is 0 Å². The predicted molar refractivity (Wildman–Crippen MR) is 46.2 cm³/mol. The van der Waals surface area contributed by atoms with Gasteiger partial charge in [-0.15, -0.1) is 0 Å². The minimum absolute atomic E-state index is 0.123. The molecule has 0 spiro atoms. The van der Waals surface area contributed by atoms with E-state index in [1.807, 2.05) is 6.92 Å². The van der Waals surface area contributed by atoms with Gasteiger partial charge in [0.15, 0.2) is 0 Å². The van der Waals surface area contributed by atoms with E-state index in [0.717, 1.165) is 6.42 Å². The molecule has 0 saturated carbocycles. The highest BCUT2D eigenvalue weighted by Gasteiger charge is 2.01. The minimum atomic E-state index is -0.238. The maximum absolute atomic E-state index is 12.9. The molecular weight excluding hydrogens is 155 g/mol. The van der Waals surface area contributed by atoms with E-state index in [-0.39, 0.29) is 11.9 Å². The molecule has 1 atom stereocenters. The molecule has 0 radical (unpaired) electrons. The lowest BCUT2D eigenvalue weighted by Gasteiger charge is -2.04. The summed E-state index contributed by atoms with van der Waals surface area (Å²) >= 11 is 0. The molecule has 0 fully saturated rings. The van der Waals surface area contributed by atoms with E-state index in [1.54, 1.807) is 12.3 Å². The number of halogens is 1. The highest BCUT2D eigenvalue weighted by atomic mass is 19.1. The largest absolute Gasteiger partial charge is 0.328 e. The Hall–Kier alpha value is -0.960. The molecule has 1 aromatic rings. The van der Waals surface area contributed by atoms with Crippen molar-refractivity contribution in [2.45, 2.75) is 25.8 Å². The number of rotatable bonds is 3. The van der Waals surface area contributed by atoms with Crippen LogP contribution in [-0.4, -0.2) is 11.0 Å². The Morgan fingerprint density at radius 2 is 2.42 bits per heavy atom. The highest BCUT2D eigenvalue weighted by molar-refractivity contribution is 5.12. The van der Waals surface area contributed by atoms with Gasteiger partial charge in [0, 0.05) is 12.2 Å². The van der Waals surface area contributed by atoms with Gasteiger partial charge < -0.3 is 5.73 Å². The molecule has 0 amide bonds. The molecule has 12 heavy (non-hydrogen) atoms. The van der Waals surface area contributed by atoms with Crippen LogP contribution in [-0.2, 0) is 6.42 Å². The van der Waals surface area contributed by atoms with Crippen molar-refractivity contribution in [1.29, 1.82) is 0 Å². The van der Waals surface area contributed by atoms with E-state index in [0.29, 0.717) is 12.0 Å². The third kappa shape index (κ3) is 2.58. The quantitative estimate of drug-likeness (QED) is 0.742. The van der Waals surface area contributed by atoms with E-state index < -0.39 is 0 Å². The van der Waals surface area contributed by atoms with Crippen molar-refractivity contribution in [3.05, 3.63) is 29.8 Å². The zero-order valence-electron chi connectivity index (χ0n) is 7.13. The molecular formula is C9H13FN2. The first-order valence-corrected chi connectivity index (χ1v) is 4.04. The van der Waals surface area contributed by atoms with Gasteiger partial charge >= 0.3 is 0 Å². The van der Waals surface area contributed by atoms with E-state index in [9.17, 15) is 4.39 Å². The number of hydrogen-bond donors (Lipinski definition) is 1. The van der Waals surface area contributed by atoms with Crippen LogP contribution >= 0.6 is 0 Å². The zero-order chi connectivity index (χ0) is 8.97. The summed E-state index contributed by atoms with van der Waals surface area (Å²) in [6, 6.07) is 1.81. The van der Waals surface area contributed by atoms with Crippen molar-refractivity contribution in [3.63, 3.8) is 0 Å². The fourth-order valence-electron chi connectivity index (χ4n) is 0.990. The lowest BCUT2D eigenvalue weighted by atomic mass is 10.1. The Balaban J connectivity index is 2.57. The van der Waals surface area contributed by atoms with Crippen molar-refractivity contribution >= 4 is 0 Å². The third-order valence-electron chi connectivity index (χ3n) is 1.73. The lowest BCUT2D eigenvalue weighted by Crippen LogP contribution is -2.15. The van der Waals surface area contributed by atoms with Crippen LogP contribution in [0.1, 0.15) is 18.9 Å². The van der Waals surface area contributed by atoms with Gasteiger partial charge in [0.25, 0.3) is 0 Å². The zero-order valence-corrected chi connectivity index (χ0v) is 7.13. The van der Waals surface area contributed by atoms with Crippen LogP contribution in [0.15, 0.2) is 18.5 Å². The van der Waals surface area contributed by atoms with E-state index in [4.69, 9.17) is 5.73 Å². The molecule has 1 heterocycles. The molecule has 0 aromatic carbocycles. The molecule has 0 saturated heterocycles. The number of aryl methyl sites for hydroxylation is 1. The summed E-state index contributed by atoms with van der Waals surface area (Å²) in [5.41, 5.74) is 6.25. The second-order valence-electron chi connectivity index (χ2n) is 2.98. The molecule has 0 aliphatic rings. The maximum atomic E-state index is 12.9. The summed E-state index contributed by atoms with van der Waals surface area (Å²) in [5, 5.41) is 0. The predicted octanol–water partition coefficient (Wildman–Crippen LogP) is 1.50. The summed E-state index contributed by atoms with van der Waals surface area (Å²) in [6.45, 7) is 1.92. The SMILES string of the molecule is CC(N)CCc1ccncc1F. The van der Waals surface area contributed by atoms with Crippen molar-refractivity contribution in [2.75, 3.05) is 0 Å². The Kier molecular flexibility index (Phi) is 3.17. The lowest BCUT2D eigenvalue weighted by molar-refractivity contribution is 0.585. The minimum Gasteiger partial charge on any atom is -0.328 e. The summed E-state index contributed by atoms with van der Waals surface area (Å²) in [7, 11) is 0. The van der Waals surface area contributed by atoms with Crippen molar-refractivity contribution in [3.8, 4) is 0 Å². The van der Waals surface area contributed by atoms with Crippen LogP contribution in [0.25, 0.3) is 0 Å². The van der Waals surface area contributed by atoms with Gasteiger partial charge in [-0.25, -0.2) is 4.39 Å². The van der Waals surface area contributed by atoms with Crippen molar-refractivity contribution in [1.82, 2.24) is 4.98 Å². The fourth-order valence-corrected chi connectivity index (χ4v) is 0.990. The van der Waals surface area contributed by atoms with Crippen LogP contribution in [0.5, 0.6) is 0 Å². The Labute approximate surface area is 71.6 Å². The number of aromatic nitrogens is 1. The number of nitrogens with two attached hydrogens (primary N) is 1. The first-order valence-electron chi connectivity index (χ1n) is 4.04. The molecule has 66 valence electrons.